The van der Waals surface area contributed by atoms with Crippen molar-refractivity contribution in [1.82, 2.24) is 20.5 Å². The minimum atomic E-state index is -0.288. The molecule has 0 atom stereocenters. The molecule has 1 aliphatic heterocycles. The SMILES string of the molecule is CN=C(NCC1(C(=O)N(C)C)CCCC1)NC1CCN(c2ccccn2)CC1. The molecule has 3 rings (SSSR count). The van der Waals surface area contributed by atoms with Crippen LogP contribution < -0.4 is 15.5 Å². The lowest BCUT2D eigenvalue weighted by Gasteiger charge is -2.35. The molecule has 0 unspecified atom stereocenters. The molecule has 7 heteroatoms. The summed E-state index contributed by atoms with van der Waals surface area (Å²) in [5.41, 5.74) is -0.288. The Balaban J connectivity index is 1.50. The molecule has 1 saturated carbocycles. The number of aromatic nitrogens is 1. The van der Waals surface area contributed by atoms with Gasteiger partial charge in [-0.25, -0.2) is 4.98 Å². The fourth-order valence-electron chi connectivity index (χ4n) is 4.43. The third-order valence-corrected chi connectivity index (χ3v) is 6.05. The quantitative estimate of drug-likeness (QED) is 0.597. The predicted molar refractivity (Wildman–Crippen MR) is 114 cm³/mol. The third kappa shape index (κ3) is 4.75. The topological polar surface area (TPSA) is 72.9 Å². The molecule has 2 N–H and O–H groups in total. The zero-order valence-corrected chi connectivity index (χ0v) is 17.4. The molecular formula is C21H34N6O. The van der Waals surface area contributed by atoms with Gasteiger partial charge >= 0.3 is 0 Å². The summed E-state index contributed by atoms with van der Waals surface area (Å²) in [7, 11) is 5.50. The van der Waals surface area contributed by atoms with Gasteiger partial charge in [0, 0.05) is 53.0 Å². The minimum Gasteiger partial charge on any atom is -0.356 e. The van der Waals surface area contributed by atoms with Crippen LogP contribution in [0.1, 0.15) is 38.5 Å². The highest BCUT2D eigenvalue weighted by atomic mass is 16.2. The molecule has 0 bridgehead atoms. The van der Waals surface area contributed by atoms with Crippen LogP contribution in [0.2, 0.25) is 0 Å². The molecule has 1 amide bonds. The molecule has 154 valence electrons. The van der Waals surface area contributed by atoms with Gasteiger partial charge in [0.15, 0.2) is 5.96 Å². The summed E-state index contributed by atoms with van der Waals surface area (Å²) in [5.74, 6) is 2.08. The van der Waals surface area contributed by atoms with Crippen molar-refractivity contribution in [3.8, 4) is 0 Å². The Morgan fingerprint density at radius 3 is 2.57 bits per heavy atom. The Hall–Kier alpha value is -2.31. The summed E-state index contributed by atoms with van der Waals surface area (Å²) in [6.07, 6.45) is 8.09. The van der Waals surface area contributed by atoms with Crippen molar-refractivity contribution in [1.29, 1.82) is 0 Å². The maximum atomic E-state index is 12.7. The number of nitrogens with zero attached hydrogens (tertiary/aromatic N) is 4. The van der Waals surface area contributed by atoms with Crippen molar-refractivity contribution < 1.29 is 4.79 Å². The second-order valence-corrected chi connectivity index (χ2v) is 8.21. The van der Waals surface area contributed by atoms with Gasteiger partial charge in [-0.3, -0.25) is 9.79 Å². The number of carbonyl (C=O) groups excluding carboxylic acids is 1. The Kier molecular flexibility index (Phi) is 6.75. The number of amides is 1. The Morgan fingerprint density at radius 1 is 1.29 bits per heavy atom. The molecule has 2 aliphatic rings. The van der Waals surface area contributed by atoms with Gasteiger partial charge in [-0.1, -0.05) is 18.9 Å². The lowest BCUT2D eigenvalue weighted by molar-refractivity contribution is -0.138. The van der Waals surface area contributed by atoms with Crippen LogP contribution in [0.4, 0.5) is 5.82 Å². The lowest BCUT2D eigenvalue weighted by atomic mass is 9.84. The number of piperidine rings is 1. The summed E-state index contributed by atoms with van der Waals surface area (Å²) in [6, 6.07) is 6.44. The van der Waals surface area contributed by atoms with Gasteiger partial charge in [-0.05, 0) is 37.8 Å². The minimum absolute atomic E-state index is 0.233. The summed E-state index contributed by atoms with van der Waals surface area (Å²) in [4.78, 5) is 25.7. The largest absolute Gasteiger partial charge is 0.356 e. The van der Waals surface area contributed by atoms with Crippen LogP contribution in [0.5, 0.6) is 0 Å². The molecule has 0 aromatic carbocycles. The molecule has 1 saturated heterocycles. The lowest BCUT2D eigenvalue weighted by Crippen LogP contribution is -2.52. The number of nitrogens with one attached hydrogen (secondary N) is 2. The van der Waals surface area contributed by atoms with E-state index in [4.69, 9.17) is 0 Å². The van der Waals surface area contributed by atoms with E-state index in [0.29, 0.717) is 12.6 Å². The average molecular weight is 387 g/mol. The van der Waals surface area contributed by atoms with Crippen LogP contribution in [-0.2, 0) is 4.79 Å². The van der Waals surface area contributed by atoms with Gasteiger partial charge in [0.05, 0.1) is 5.41 Å². The van der Waals surface area contributed by atoms with Crippen molar-refractivity contribution in [3.05, 3.63) is 24.4 Å². The molecule has 1 aromatic rings. The summed E-state index contributed by atoms with van der Waals surface area (Å²) in [6.45, 7) is 2.61. The summed E-state index contributed by atoms with van der Waals surface area (Å²) >= 11 is 0. The van der Waals surface area contributed by atoms with E-state index in [1.54, 1.807) is 11.9 Å². The first-order valence-corrected chi connectivity index (χ1v) is 10.4. The Labute approximate surface area is 168 Å². The normalized spacial score (nSPS) is 20.1. The van der Waals surface area contributed by atoms with Gasteiger partial charge in [-0.2, -0.15) is 0 Å². The van der Waals surface area contributed by atoms with Crippen LogP contribution in [-0.4, -0.2) is 68.6 Å². The number of guanidine groups is 1. The van der Waals surface area contributed by atoms with E-state index in [1.807, 2.05) is 32.4 Å². The van der Waals surface area contributed by atoms with Crippen LogP contribution in [0, 0.1) is 5.41 Å². The maximum Gasteiger partial charge on any atom is 0.230 e. The van der Waals surface area contributed by atoms with Crippen molar-refractivity contribution in [2.45, 2.75) is 44.6 Å². The van der Waals surface area contributed by atoms with E-state index in [2.05, 4.69) is 31.6 Å². The number of pyridine rings is 1. The van der Waals surface area contributed by atoms with Crippen LogP contribution in [0.25, 0.3) is 0 Å². The number of carbonyl (C=O) groups is 1. The van der Waals surface area contributed by atoms with E-state index < -0.39 is 0 Å². The van der Waals surface area contributed by atoms with E-state index in [9.17, 15) is 4.79 Å². The van der Waals surface area contributed by atoms with E-state index in [1.165, 1.54) is 0 Å². The van der Waals surface area contributed by atoms with Gasteiger partial charge < -0.3 is 20.4 Å². The monoisotopic (exact) mass is 386 g/mol. The first-order chi connectivity index (χ1) is 13.5. The first-order valence-electron chi connectivity index (χ1n) is 10.4. The molecule has 2 fully saturated rings. The standard InChI is InChI=1S/C21H34N6O/c1-22-20(24-16-21(11-5-6-12-21)19(28)26(2)3)25-17-9-14-27(15-10-17)18-8-4-7-13-23-18/h4,7-8,13,17H,5-6,9-12,14-16H2,1-3H3,(H2,22,24,25). The highest BCUT2D eigenvalue weighted by Crippen LogP contribution is 2.38. The smallest absolute Gasteiger partial charge is 0.230 e. The van der Waals surface area contributed by atoms with E-state index in [0.717, 1.165) is 63.4 Å². The maximum absolute atomic E-state index is 12.7. The predicted octanol–water partition coefficient (Wildman–Crippen LogP) is 1.86. The molecular weight excluding hydrogens is 352 g/mol. The molecule has 2 heterocycles. The zero-order valence-electron chi connectivity index (χ0n) is 17.4. The Bertz CT molecular complexity index is 661. The molecule has 0 spiro atoms. The first kappa shape index (κ1) is 20.4. The van der Waals surface area contributed by atoms with E-state index >= 15 is 0 Å². The summed E-state index contributed by atoms with van der Waals surface area (Å²) < 4.78 is 0. The second-order valence-electron chi connectivity index (χ2n) is 8.21. The van der Waals surface area contributed by atoms with Crippen LogP contribution >= 0.6 is 0 Å². The van der Waals surface area contributed by atoms with Gasteiger partial charge in [-0.15, -0.1) is 0 Å². The van der Waals surface area contributed by atoms with Crippen molar-refractivity contribution in [2.75, 3.05) is 45.7 Å². The molecule has 0 radical (unpaired) electrons. The zero-order chi connectivity index (χ0) is 20.0. The number of hydrogen-bond acceptors (Lipinski definition) is 4. The second kappa shape index (κ2) is 9.26. The molecule has 1 aromatic heterocycles. The number of hydrogen-bond donors (Lipinski definition) is 2. The fraction of sp³-hybridized carbons (Fsp3) is 0.667. The number of anilines is 1. The van der Waals surface area contributed by atoms with Crippen molar-refractivity contribution in [3.63, 3.8) is 0 Å². The number of aliphatic imine (C=N–C) groups is 1. The third-order valence-electron chi connectivity index (χ3n) is 6.05. The van der Waals surface area contributed by atoms with Gasteiger partial charge in [0.1, 0.15) is 5.82 Å². The van der Waals surface area contributed by atoms with E-state index in [-0.39, 0.29) is 11.3 Å². The van der Waals surface area contributed by atoms with Crippen molar-refractivity contribution >= 4 is 17.7 Å². The van der Waals surface area contributed by atoms with Crippen molar-refractivity contribution in [2.24, 2.45) is 10.4 Å². The summed E-state index contributed by atoms with van der Waals surface area (Å²) in [5, 5.41) is 7.00. The van der Waals surface area contributed by atoms with Crippen LogP contribution in [0.3, 0.4) is 0 Å². The van der Waals surface area contributed by atoms with Gasteiger partial charge in [0.2, 0.25) is 5.91 Å². The fourth-order valence-corrected chi connectivity index (χ4v) is 4.43. The highest BCUT2D eigenvalue weighted by Gasteiger charge is 2.42. The Morgan fingerprint density at radius 2 is 2.00 bits per heavy atom. The highest BCUT2D eigenvalue weighted by molar-refractivity contribution is 5.85. The number of rotatable bonds is 5. The molecule has 28 heavy (non-hydrogen) atoms. The van der Waals surface area contributed by atoms with Crippen LogP contribution in [0.15, 0.2) is 29.4 Å². The average Bonchev–Trinajstić information content (AvgIpc) is 3.21. The molecule has 7 nitrogen and oxygen atoms in total. The van der Waals surface area contributed by atoms with Gasteiger partial charge in [0.25, 0.3) is 0 Å². The molecule has 1 aliphatic carbocycles.